The molecular weight excluding hydrogens is 1070 g/mol. The molecule has 0 spiro atoms. The summed E-state index contributed by atoms with van der Waals surface area (Å²) in [6.07, 6.45) is 0. The van der Waals surface area contributed by atoms with Gasteiger partial charge in [-0.2, -0.15) is 109 Å². The van der Waals surface area contributed by atoms with E-state index >= 15 is 0 Å². The van der Waals surface area contributed by atoms with Crippen molar-refractivity contribution in [1.82, 2.24) is 0 Å². The molecule has 4 heteroatoms. The van der Waals surface area contributed by atoms with Crippen LogP contribution in [-0.2, 0) is 61.3 Å². The monoisotopic (exact) mass is 1100 g/mol. The second kappa shape index (κ2) is 37.0. The third-order valence-electron chi connectivity index (χ3n) is 3.33. The predicted molar refractivity (Wildman–Crippen MR) is 132 cm³/mol. The first-order valence-corrected chi connectivity index (χ1v) is 10.0. The fourth-order valence-corrected chi connectivity index (χ4v) is 1.92. The summed E-state index contributed by atoms with van der Waals surface area (Å²) < 4.78 is 0. The van der Waals surface area contributed by atoms with Gasteiger partial charge in [-0.3, -0.25) is 0 Å². The zero-order chi connectivity index (χ0) is 21.2. The van der Waals surface area contributed by atoms with E-state index in [2.05, 4.69) is 0 Å². The molecule has 0 amide bonds. The predicted octanol–water partition coefficient (Wildman–Crippen LogP) is 8.43. The molecule has 0 atom stereocenters. The van der Waals surface area contributed by atoms with Crippen LogP contribution in [0.3, 0.4) is 0 Å². The van der Waals surface area contributed by atoms with Crippen LogP contribution < -0.4 is 0 Å². The number of hydrogen-bond donors (Lipinski definition) is 0. The van der Waals surface area contributed by atoms with E-state index in [4.69, 9.17) is 0 Å². The fourth-order valence-electron chi connectivity index (χ4n) is 1.92. The van der Waals surface area contributed by atoms with Gasteiger partial charge in [-0.15, -0.1) is 0 Å². The Bertz CT molecular complexity index is 564. The Morgan fingerprint density at radius 2 is 0.294 bits per heavy atom. The van der Waals surface area contributed by atoms with Crippen molar-refractivity contribution in [3.8, 4) is 0 Å². The second-order valence-corrected chi connectivity index (χ2v) is 5.77. The molecule has 6 aromatic carbocycles. The van der Waals surface area contributed by atoms with Crippen molar-refractivity contribution in [1.29, 1.82) is 0 Å². The smallest absolute Gasteiger partial charge is 0.214 e. The van der Waals surface area contributed by atoms with E-state index in [0.29, 0.717) is 0 Å². The largest absolute Gasteiger partial charge is 3.00 e. The van der Waals surface area contributed by atoms with E-state index in [-0.39, 0.29) is 102 Å². The third kappa shape index (κ3) is 33.6. The minimum absolute atomic E-state index is 0. The maximum Gasteiger partial charge on any atom is 3.00 e. The number of rotatable bonds is 0. The maximum atomic E-state index is 2.00. The van der Waals surface area contributed by atoms with Gasteiger partial charge in [0.15, 0.2) is 0 Å². The van der Waals surface area contributed by atoms with Crippen LogP contribution in [0.2, 0.25) is 0 Å². The van der Waals surface area contributed by atoms with Crippen LogP contribution in [0, 0.1) is 40.4 Å². The Kier molecular flexibility index (Phi) is 44.1. The Morgan fingerprint density at radius 3 is 0.324 bits per heavy atom. The van der Waals surface area contributed by atoms with Crippen LogP contribution in [0.5, 0.6) is 0 Å². The molecule has 0 unspecified atom stereocenters. The van der Waals surface area contributed by atoms with Crippen molar-refractivity contribution < 1.29 is 102 Å². The van der Waals surface area contributed by atoms with Crippen LogP contribution >= 0.6 is 0 Å². The van der Waals surface area contributed by atoms with Crippen LogP contribution in [0.1, 0.15) is 0 Å². The minimum atomic E-state index is 0. The average Bonchev–Trinajstić information content (AvgIpc) is 3.69. The second-order valence-electron chi connectivity index (χ2n) is 5.77. The SMILES string of the molecule is [Re].[Re].[Re].[Sm+3].c1cc[cH-]c1.c1cc[cH-]c1.c1cc[cH-]c1.c1cc[cH-]c1.c1cc[cH-]c1.c1cc[cH-]c1. The molecule has 180 valence electrons. The van der Waals surface area contributed by atoms with Gasteiger partial charge < -0.3 is 0 Å². The van der Waals surface area contributed by atoms with Gasteiger partial charge in [-0.25, -0.2) is 72.8 Å². The Hall–Kier alpha value is -0.575. The Morgan fingerprint density at radius 1 is 0.206 bits per heavy atom. The molecule has 0 N–H and O–H groups in total. The third-order valence-corrected chi connectivity index (χ3v) is 3.33. The van der Waals surface area contributed by atoms with E-state index < -0.39 is 0 Å². The van der Waals surface area contributed by atoms with Crippen LogP contribution in [-0.4, -0.2) is 0 Å². The van der Waals surface area contributed by atoms with E-state index in [1.54, 1.807) is 0 Å². The van der Waals surface area contributed by atoms with Crippen molar-refractivity contribution >= 4 is 0 Å². The van der Waals surface area contributed by atoms with Crippen LogP contribution in [0.25, 0.3) is 0 Å². The summed E-state index contributed by atoms with van der Waals surface area (Å²) in [4.78, 5) is 0. The topological polar surface area (TPSA) is 0 Å². The van der Waals surface area contributed by atoms with Crippen molar-refractivity contribution in [2.45, 2.75) is 0 Å². The van der Waals surface area contributed by atoms with Crippen LogP contribution in [0.15, 0.2) is 182 Å². The zero-order valence-corrected chi connectivity index (χ0v) is 29.6. The van der Waals surface area contributed by atoms with Gasteiger partial charge in [0.1, 0.15) is 0 Å². The molecule has 0 saturated carbocycles. The first-order chi connectivity index (χ1) is 15.0. The summed E-state index contributed by atoms with van der Waals surface area (Å²) in [7, 11) is 0. The van der Waals surface area contributed by atoms with Gasteiger partial charge in [0.2, 0.25) is 0 Å². The normalized spacial score (nSPS) is 7.06. The first-order valence-electron chi connectivity index (χ1n) is 10.0. The van der Waals surface area contributed by atoms with E-state index in [0.717, 1.165) is 0 Å². The number of hydrogen-bond acceptors (Lipinski definition) is 0. The molecule has 6 aromatic rings. The standard InChI is InChI=1S/6C5H5.3Re.Sm/c6*1-2-4-5-3-1;;;;/h6*1-5H;;;;/q6*-1;;;;+3. The molecule has 0 bridgehead atoms. The summed E-state index contributed by atoms with van der Waals surface area (Å²) in [6.45, 7) is 0. The van der Waals surface area contributed by atoms with Gasteiger partial charge in [0.25, 0.3) is 0 Å². The molecule has 0 fully saturated rings. The molecular formula is C30H30Re3Sm-3. The molecule has 4 radical (unpaired) electrons. The summed E-state index contributed by atoms with van der Waals surface area (Å²) in [6, 6.07) is 60.0. The summed E-state index contributed by atoms with van der Waals surface area (Å²) >= 11 is 0. The Labute approximate surface area is 280 Å². The Balaban J connectivity index is -0.000000155. The zero-order valence-electron chi connectivity index (χ0n) is 18.9. The van der Waals surface area contributed by atoms with E-state index in [1.165, 1.54) is 0 Å². The molecule has 0 nitrogen and oxygen atoms in total. The maximum absolute atomic E-state index is 2.00. The molecule has 0 aliphatic rings. The molecule has 0 aromatic heterocycles. The van der Waals surface area contributed by atoms with E-state index in [1.807, 2.05) is 182 Å². The van der Waals surface area contributed by atoms with Gasteiger partial charge in [-0.05, 0) is 0 Å². The average molecular weight is 1100 g/mol. The van der Waals surface area contributed by atoms with Crippen molar-refractivity contribution in [2.24, 2.45) is 0 Å². The molecule has 0 aliphatic heterocycles. The van der Waals surface area contributed by atoms with Gasteiger partial charge in [0, 0.05) is 61.3 Å². The molecule has 0 aliphatic carbocycles. The van der Waals surface area contributed by atoms with Crippen molar-refractivity contribution in [3.05, 3.63) is 182 Å². The van der Waals surface area contributed by atoms with Gasteiger partial charge in [-0.1, -0.05) is 0 Å². The molecule has 0 heterocycles. The molecule has 0 saturated heterocycles. The van der Waals surface area contributed by atoms with E-state index in [9.17, 15) is 0 Å². The van der Waals surface area contributed by atoms with Crippen LogP contribution in [0.4, 0.5) is 0 Å². The van der Waals surface area contributed by atoms with Gasteiger partial charge >= 0.3 is 40.4 Å². The summed E-state index contributed by atoms with van der Waals surface area (Å²) in [5, 5.41) is 0. The van der Waals surface area contributed by atoms with Gasteiger partial charge in [0.05, 0.1) is 0 Å². The van der Waals surface area contributed by atoms with Crippen molar-refractivity contribution in [3.63, 3.8) is 0 Å². The first kappa shape index (κ1) is 40.6. The van der Waals surface area contributed by atoms with Crippen molar-refractivity contribution in [2.75, 3.05) is 0 Å². The minimum Gasteiger partial charge on any atom is -0.214 e. The summed E-state index contributed by atoms with van der Waals surface area (Å²) in [5.74, 6) is 0. The molecule has 6 rings (SSSR count). The fraction of sp³-hybridized carbons (Fsp3) is 0. The quantitative estimate of drug-likeness (QED) is 0.134. The molecule has 34 heavy (non-hydrogen) atoms. The summed E-state index contributed by atoms with van der Waals surface area (Å²) in [5.41, 5.74) is 0.